The molecular weight excluding hydrogens is 164 g/mol. The molecule has 0 aromatic rings. The minimum atomic E-state index is -0.0208. The van der Waals surface area contributed by atoms with Crippen LogP contribution < -0.4 is 11.3 Å². The molecule has 3 nitrogen and oxygen atoms in total. The zero-order chi connectivity index (χ0) is 10.1. The van der Waals surface area contributed by atoms with Crippen LogP contribution in [0.25, 0.3) is 0 Å². The van der Waals surface area contributed by atoms with Crippen LogP contribution in [0.5, 0.6) is 0 Å². The maximum absolute atomic E-state index is 5.61. The Morgan fingerprint density at radius 1 is 1.38 bits per heavy atom. The van der Waals surface area contributed by atoms with Gasteiger partial charge in [-0.2, -0.15) is 0 Å². The van der Waals surface area contributed by atoms with Crippen LogP contribution in [0.2, 0.25) is 0 Å². The van der Waals surface area contributed by atoms with Crippen molar-refractivity contribution in [3.63, 3.8) is 0 Å². The molecule has 0 aromatic carbocycles. The van der Waals surface area contributed by atoms with Crippen molar-refractivity contribution in [2.75, 3.05) is 7.11 Å². The van der Waals surface area contributed by atoms with Gasteiger partial charge in [-0.25, -0.2) is 0 Å². The molecule has 1 fully saturated rings. The lowest BCUT2D eigenvalue weighted by atomic mass is 9.66. The van der Waals surface area contributed by atoms with E-state index in [1.165, 1.54) is 6.42 Å². The summed E-state index contributed by atoms with van der Waals surface area (Å²) in [7, 11) is 1.79. The van der Waals surface area contributed by atoms with E-state index in [2.05, 4.69) is 26.2 Å². The van der Waals surface area contributed by atoms with E-state index < -0.39 is 0 Å². The molecule has 0 spiro atoms. The standard InChI is InChI=1S/C10H22N2O/c1-9(2,3)8(12-11)10(13-4)6-5-7-10/h8,12H,5-7,11H2,1-4H3. The normalized spacial score (nSPS) is 23.8. The third-order valence-electron chi connectivity index (χ3n) is 3.17. The summed E-state index contributed by atoms with van der Waals surface area (Å²) in [5.41, 5.74) is 3.03. The van der Waals surface area contributed by atoms with Crippen molar-refractivity contribution in [3.8, 4) is 0 Å². The Morgan fingerprint density at radius 2 is 1.92 bits per heavy atom. The van der Waals surface area contributed by atoms with Crippen molar-refractivity contribution in [2.45, 2.75) is 51.7 Å². The SMILES string of the molecule is COC1(C(NN)C(C)(C)C)CCC1. The molecule has 0 aliphatic heterocycles. The number of hydrazine groups is 1. The van der Waals surface area contributed by atoms with Crippen molar-refractivity contribution in [1.82, 2.24) is 5.43 Å². The van der Waals surface area contributed by atoms with E-state index >= 15 is 0 Å². The Balaban J connectivity index is 2.75. The van der Waals surface area contributed by atoms with Crippen LogP contribution in [0, 0.1) is 5.41 Å². The number of nitrogens with one attached hydrogen (secondary N) is 1. The molecule has 1 unspecified atom stereocenters. The summed E-state index contributed by atoms with van der Waals surface area (Å²) in [4.78, 5) is 0. The molecule has 13 heavy (non-hydrogen) atoms. The summed E-state index contributed by atoms with van der Waals surface area (Å²) in [5, 5.41) is 0. The van der Waals surface area contributed by atoms with Crippen LogP contribution in [0.1, 0.15) is 40.0 Å². The molecule has 0 heterocycles. The van der Waals surface area contributed by atoms with Gasteiger partial charge in [-0.05, 0) is 24.7 Å². The van der Waals surface area contributed by atoms with E-state index in [-0.39, 0.29) is 17.1 Å². The van der Waals surface area contributed by atoms with Crippen molar-refractivity contribution < 1.29 is 4.74 Å². The van der Waals surface area contributed by atoms with Gasteiger partial charge in [0.05, 0.1) is 11.6 Å². The summed E-state index contributed by atoms with van der Waals surface area (Å²) in [6, 6.07) is 0.235. The fourth-order valence-corrected chi connectivity index (χ4v) is 2.33. The quantitative estimate of drug-likeness (QED) is 0.518. The van der Waals surface area contributed by atoms with Gasteiger partial charge in [-0.3, -0.25) is 11.3 Å². The molecule has 1 rings (SSSR count). The lowest BCUT2D eigenvalue weighted by molar-refractivity contribution is -0.122. The highest BCUT2D eigenvalue weighted by molar-refractivity contribution is 5.03. The lowest BCUT2D eigenvalue weighted by Gasteiger charge is -2.51. The average molecular weight is 186 g/mol. The molecule has 78 valence electrons. The molecule has 0 saturated heterocycles. The summed E-state index contributed by atoms with van der Waals surface area (Å²) in [5.74, 6) is 5.60. The Kier molecular flexibility index (Phi) is 3.00. The largest absolute Gasteiger partial charge is 0.377 e. The number of hydrogen-bond acceptors (Lipinski definition) is 3. The number of rotatable bonds is 3. The third kappa shape index (κ3) is 1.87. The van der Waals surface area contributed by atoms with Crippen LogP contribution in [0.4, 0.5) is 0 Å². The van der Waals surface area contributed by atoms with Crippen molar-refractivity contribution in [1.29, 1.82) is 0 Å². The van der Waals surface area contributed by atoms with Gasteiger partial charge in [-0.15, -0.1) is 0 Å². The Bertz CT molecular complexity index is 165. The van der Waals surface area contributed by atoms with Crippen LogP contribution >= 0.6 is 0 Å². The van der Waals surface area contributed by atoms with Gasteiger partial charge in [0, 0.05) is 7.11 Å². The highest BCUT2D eigenvalue weighted by Gasteiger charge is 2.48. The van der Waals surface area contributed by atoms with E-state index in [1.54, 1.807) is 7.11 Å². The van der Waals surface area contributed by atoms with E-state index in [0.717, 1.165) is 12.8 Å². The number of nitrogens with two attached hydrogens (primary N) is 1. The fraction of sp³-hybridized carbons (Fsp3) is 1.00. The minimum Gasteiger partial charge on any atom is -0.377 e. The smallest absolute Gasteiger partial charge is 0.0849 e. The van der Waals surface area contributed by atoms with Crippen molar-refractivity contribution in [3.05, 3.63) is 0 Å². The summed E-state index contributed by atoms with van der Waals surface area (Å²) in [6.07, 6.45) is 3.49. The highest BCUT2D eigenvalue weighted by atomic mass is 16.5. The maximum Gasteiger partial charge on any atom is 0.0849 e. The van der Waals surface area contributed by atoms with Gasteiger partial charge in [0.15, 0.2) is 0 Å². The highest BCUT2D eigenvalue weighted by Crippen LogP contribution is 2.43. The summed E-state index contributed by atoms with van der Waals surface area (Å²) < 4.78 is 5.61. The van der Waals surface area contributed by atoms with Crippen LogP contribution in [0.15, 0.2) is 0 Å². The molecule has 0 bridgehead atoms. The Hall–Kier alpha value is -0.120. The van der Waals surface area contributed by atoms with Gasteiger partial charge in [0.1, 0.15) is 0 Å². The topological polar surface area (TPSA) is 47.3 Å². The minimum absolute atomic E-state index is 0.0208. The first kappa shape index (κ1) is 11.0. The van der Waals surface area contributed by atoms with Gasteiger partial charge < -0.3 is 4.74 Å². The lowest BCUT2D eigenvalue weighted by Crippen LogP contribution is -2.63. The van der Waals surface area contributed by atoms with Crippen molar-refractivity contribution >= 4 is 0 Å². The molecule has 3 heteroatoms. The van der Waals surface area contributed by atoms with Gasteiger partial charge >= 0.3 is 0 Å². The summed E-state index contributed by atoms with van der Waals surface area (Å²) in [6.45, 7) is 6.57. The first-order valence-electron chi connectivity index (χ1n) is 4.97. The maximum atomic E-state index is 5.61. The Labute approximate surface area is 81.0 Å². The molecule has 3 N–H and O–H groups in total. The third-order valence-corrected chi connectivity index (χ3v) is 3.17. The van der Waals surface area contributed by atoms with Crippen LogP contribution in [-0.2, 0) is 4.74 Å². The first-order chi connectivity index (χ1) is 5.96. The monoisotopic (exact) mass is 186 g/mol. The van der Waals surface area contributed by atoms with Crippen molar-refractivity contribution in [2.24, 2.45) is 11.3 Å². The van der Waals surface area contributed by atoms with Gasteiger partial charge in [0.25, 0.3) is 0 Å². The second-order valence-corrected chi connectivity index (χ2v) is 5.09. The number of hydrogen-bond donors (Lipinski definition) is 2. The van der Waals surface area contributed by atoms with E-state index in [0.29, 0.717) is 0 Å². The number of ether oxygens (including phenoxy) is 1. The van der Waals surface area contributed by atoms with Crippen LogP contribution in [0.3, 0.4) is 0 Å². The molecule has 1 atom stereocenters. The molecule has 1 saturated carbocycles. The molecular formula is C10H22N2O. The zero-order valence-electron chi connectivity index (χ0n) is 9.18. The van der Waals surface area contributed by atoms with E-state index in [9.17, 15) is 0 Å². The molecule has 0 aromatic heterocycles. The van der Waals surface area contributed by atoms with Gasteiger partial charge in [0.2, 0.25) is 0 Å². The second kappa shape index (κ2) is 3.56. The summed E-state index contributed by atoms with van der Waals surface area (Å²) >= 11 is 0. The predicted octanol–water partition coefficient (Wildman–Crippen LogP) is 1.43. The first-order valence-corrected chi connectivity index (χ1v) is 4.97. The van der Waals surface area contributed by atoms with E-state index in [4.69, 9.17) is 10.6 Å². The van der Waals surface area contributed by atoms with E-state index in [1.807, 2.05) is 0 Å². The predicted molar refractivity (Wildman–Crippen MR) is 54.2 cm³/mol. The fourth-order valence-electron chi connectivity index (χ4n) is 2.33. The Morgan fingerprint density at radius 3 is 2.00 bits per heavy atom. The molecule has 0 radical (unpaired) electrons. The molecule has 0 amide bonds. The molecule has 1 aliphatic carbocycles. The zero-order valence-corrected chi connectivity index (χ0v) is 9.18. The number of methoxy groups -OCH3 is 1. The van der Waals surface area contributed by atoms with Crippen LogP contribution in [-0.4, -0.2) is 18.8 Å². The molecule has 1 aliphatic rings. The van der Waals surface area contributed by atoms with Gasteiger partial charge in [-0.1, -0.05) is 20.8 Å². The average Bonchev–Trinajstić information content (AvgIpc) is 1.93. The second-order valence-electron chi connectivity index (χ2n) is 5.09.